The summed E-state index contributed by atoms with van der Waals surface area (Å²) in [5.74, 6) is 2.67. The predicted octanol–water partition coefficient (Wildman–Crippen LogP) is 2.63. The average Bonchev–Trinajstić information content (AvgIpc) is 2.47. The van der Waals surface area contributed by atoms with Gasteiger partial charge in [-0.15, -0.1) is 0 Å². The first-order valence-electron chi connectivity index (χ1n) is 7.06. The number of para-hydroxylation sites is 1. The first-order valence-corrected chi connectivity index (χ1v) is 8.33. The van der Waals surface area contributed by atoms with Crippen molar-refractivity contribution in [2.45, 2.75) is 6.42 Å². The van der Waals surface area contributed by atoms with Gasteiger partial charge < -0.3 is 9.47 Å². The quantitative estimate of drug-likeness (QED) is 0.457. The molecular weight excluding hydrogens is 290 g/mol. The summed E-state index contributed by atoms with van der Waals surface area (Å²) in [7, 11) is 0. The summed E-state index contributed by atoms with van der Waals surface area (Å²) in [6, 6.07) is 9.87. The maximum absolute atomic E-state index is 5.62. The molecule has 0 heterocycles. The van der Waals surface area contributed by atoms with Crippen molar-refractivity contribution in [3.05, 3.63) is 30.3 Å². The number of rotatable bonds is 12. The number of ether oxygens (including phenoxy) is 2. The second-order valence-corrected chi connectivity index (χ2v) is 5.31. The molecule has 0 N–H and O–H groups in total. The summed E-state index contributed by atoms with van der Waals surface area (Å²) in [6.45, 7) is 5.12. The Morgan fingerprint density at radius 1 is 0.850 bits per heavy atom. The fourth-order valence-corrected chi connectivity index (χ4v) is 2.35. The Hall–Kier alpha value is -0.360. The summed E-state index contributed by atoms with van der Waals surface area (Å²) < 4.78 is 11.2. The zero-order valence-electron chi connectivity index (χ0n) is 11.9. The van der Waals surface area contributed by atoms with Gasteiger partial charge in [-0.05, 0) is 12.1 Å². The molecule has 0 amide bonds. The number of hydrogen-bond donors (Lipinski definition) is 2. The van der Waals surface area contributed by atoms with Crippen LogP contribution in [0.15, 0.2) is 30.3 Å². The van der Waals surface area contributed by atoms with Gasteiger partial charge in [-0.1, -0.05) is 18.2 Å². The molecule has 0 unspecified atom stereocenters. The van der Waals surface area contributed by atoms with Gasteiger partial charge in [0.15, 0.2) is 0 Å². The van der Waals surface area contributed by atoms with E-state index >= 15 is 0 Å². The summed E-state index contributed by atoms with van der Waals surface area (Å²) in [5.41, 5.74) is 0. The third-order valence-corrected chi connectivity index (χ3v) is 3.23. The van der Waals surface area contributed by atoms with Gasteiger partial charge in [-0.25, -0.2) is 0 Å². The highest BCUT2D eigenvalue weighted by molar-refractivity contribution is 7.80. The third kappa shape index (κ3) is 8.74. The van der Waals surface area contributed by atoms with Crippen molar-refractivity contribution in [2.75, 3.05) is 51.0 Å². The van der Waals surface area contributed by atoms with Gasteiger partial charge in [0.2, 0.25) is 0 Å². The molecule has 0 fully saturated rings. The fraction of sp³-hybridized carbons (Fsp3) is 0.600. The zero-order chi connectivity index (χ0) is 14.5. The summed E-state index contributed by atoms with van der Waals surface area (Å²) in [4.78, 5) is 2.32. The molecule has 0 atom stereocenters. The zero-order valence-corrected chi connectivity index (χ0v) is 13.7. The molecule has 0 saturated heterocycles. The molecule has 0 radical (unpaired) electrons. The monoisotopic (exact) mass is 315 g/mol. The number of benzene rings is 1. The lowest BCUT2D eigenvalue weighted by Gasteiger charge is -2.20. The van der Waals surface area contributed by atoms with Gasteiger partial charge in [0.25, 0.3) is 0 Å². The van der Waals surface area contributed by atoms with Crippen LogP contribution in [-0.2, 0) is 4.74 Å². The Balaban J connectivity index is 1.96. The molecule has 5 heteroatoms. The van der Waals surface area contributed by atoms with Gasteiger partial charge in [0.05, 0.1) is 13.2 Å². The van der Waals surface area contributed by atoms with Crippen LogP contribution in [0.2, 0.25) is 0 Å². The van der Waals surface area contributed by atoms with Crippen LogP contribution in [-0.4, -0.2) is 55.9 Å². The highest BCUT2D eigenvalue weighted by atomic mass is 32.1. The van der Waals surface area contributed by atoms with E-state index in [4.69, 9.17) is 9.47 Å². The van der Waals surface area contributed by atoms with Crippen LogP contribution < -0.4 is 4.74 Å². The maximum Gasteiger partial charge on any atom is 0.119 e. The van der Waals surface area contributed by atoms with Gasteiger partial charge >= 0.3 is 0 Å². The van der Waals surface area contributed by atoms with Crippen LogP contribution in [0.5, 0.6) is 5.75 Å². The summed E-state index contributed by atoms with van der Waals surface area (Å²) >= 11 is 8.51. The molecule has 0 aliphatic heterocycles. The van der Waals surface area contributed by atoms with Crippen LogP contribution in [0, 0.1) is 0 Å². The van der Waals surface area contributed by atoms with Crippen LogP contribution in [0.1, 0.15) is 6.42 Å². The van der Waals surface area contributed by atoms with Crippen LogP contribution in [0.3, 0.4) is 0 Å². The van der Waals surface area contributed by atoms with Crippen molar-refractivity contribution in [1.82, 2.24) is 4.90 Å². The number of hydrogen-bond acceptors (Lipinski definition) is 5. The fourth-order valence-electron chi connectivity index (χ4n) is 1.78. The molecular formula is C15H25NO2S2. The van der Waals surface area contributed by atoms with Crippen molar-refractivity contribution >= 4 is 25.3 Å². The van der Waals surface area contributed by atoms with E-state index in [1.54, 1.807) is 0 Å². The lowest BCUT2D eigenvalue weighted by Crippen LogP contribution is -2.31. The van der Waals surface area contributed by atoms with E-state index in [2.05, 4.69) is 30.2 Å². The molecule has 0 aliphatic carbocycles. The van der Waals surface area contributed by atoms with Gasteiger partial charge in [0.1, 0.15) is 5.75 Å². The minimum Gasteiger partial charge on any atom is -0.494 e. The van der Waals surface area contributed by atoms with Crippen LogP contribution in [0.4, 0.5) is 0 Å². The molecule has 1 aromatic carbocycles. The molecule has 20 heavy (non-hydrogen) atoms. The summed E-state index contributed by atoms with van der Waals surface area (Å²) in [5, 5.41) is 0. The molecule has 0 aromatic heterocycles. The molecule has 114 valence electrons. The maximum atomic E-state index is 5.62. The first-order chi connectivity index (χ1) is 9.86. The Kier molecular flexibility index (Phi) is 11.0. The van der Waals surface area contributed by atoms with Crippen molar-refractivity contribution in [2.24, 2.45) is 0 Å². The Bertz CT molecular complexity index is 319. The standard InChI is InChI=1S/C15H25NO2S2/c19-13-8-16(9-14-20)7-12-17-10-4-11-18-15-5-2-1-3-6-15/h1-3,5-6,19-20H,4,7-14H2. The normalized spacial score (nSPS) is 10.9. The molecule has 0 bridgehead atoms. The molecule has 1 rings (SSSR count). The van der Waals surface area contributed by atoms with E-state index in [1.807, 2.05) is 30.3 Å². The van der Waals surface area contributed by atoms with Crippen molar-refractivity contribution in [3.63, 3.8) is 0 Å². The van der Waals surface area contributed by atoms with E-state index in [0.29, 0.717) is 6.61 Å². The topological polar surface area (TPSA) is 21.7 Å². The smallest absolute Gasteiger partial charge is 0.119 e. The van der Waals surface area contributed by atoms with E-state index in [-0.39, 0.29) is 0 Å². The average molecular weight is 316 g/mol. The first kappa shape index (κ1) is 17.7. The second kappa shape index (κ2) is 12.4. The number of nitrogens with zero attached hydrogens (tertiary/aromatic N) is 1. The largest absolute Gasteiger partial charge is 0.494 e. The van der Waals surface area contributed by atoms with Gasteiger partial charge in [0, 0.05) is 44.2 Å². The lowest BCUT2D eigenvalue weighted by atomic mass is 10.3. The van der Waals surface area contributed by atoms with Gasteiger partial charge in [-0.2, -0.15) is 25.3 Å². The van der Waals surface area contributed by atoms with Gasteiger partial charge in [-0.3, -0.25) is 4.90 Å². The van der Waals surface area contributed by atoms with E-state index in [1.165, 1.54) is 0 Å². The molecule has 1 aromatic rings. The predicted molar refractivity (Wildman–Crippen MR) is 91.5 cm³/mol. The Morgan fingerprint density at radius 3 is 2.20 bits per heavy atom. The summed E-state index contributed by atoms with van der Waals surface area (Å²) in [6.07, 6.45) is 0.911. The molecule has 0 aliphatic rings. The second-order valence-electron chi connectivity index (χ2n) is 4.42. The Morgan fingerprint density at radius 2 is 1.55 bits per heavy atom. The number of thiol groups is 2. The minimum absolute atomic E-state index is 0.695. The van der Waals surface area contributed by atoms with Crippen LogP contribution in [0.25, 0.3) is 0 Å². The Labute approximate surface area is 133 Å². The molecule has 3 nitrogen and oxygen atoms in total. The third-order valence-electron chi connectivity index (χ3n) is 2.83. The van der Waals surface area contributed by atoms with E-state index < -0.39 is 0 Å². The highest BCUT2D eigenvalue weighted by Gasteiger charge is 2.02. The van der Waals surface area contributed by atoms with Crippen molar-refractivity contribution < 1.29 is 9.47 Å². The van der Waals surface area contributed by atoms with Crippen molar-refractivity contribution in [1.29, 1.82) is 0 Å². The van der Waals surface area contributed by atoms with Crippen LogP contribution >= 0.6 is 25.3 Å². The van der Waals surface area contributed by atoms with Crippen molar-refractivity contribution in [3.8, 4) is 5.75 Å². The van der Waals surface area contributed by atoms with E-state index in [9.17, 15) is 0 Å². The SMILES string of the molecule is SCCN(CCS)CCOCCCOc1ccccc1. The van der Waals surface area contributed by atoms with E-state index in [0.717, 1.165) is 56.5 Å². The molecule has 0 saturated carbocycles. The highest BCUT2D eigenvalue weighted by Crippen LogP contribution is 2.08. The minimum atomic E-state index is 0.695. The lowest BCUT2D eigenvalue weighted by molar-refractivity contribution is 0.0973. The molecule has 0 spiro atoms.